The molecule has 4 nitrogen and oxygen atoms in total. The van der Waals surface area contributed by atoms with Crippen molar-refractivity contribution in [1.29, 1.82) is 0 Å². The van der Waals surface area contributed by atoms with Crippen molar-refractivity contribution in [3.05, 3.63) is 47.2 Å². The van der Waals surface area contributed by atoms with Crippen LogP contribution >= 0.6 is 0 Å². The number of anilines is 1. The van der Waals surface area contributed by atoms with Crippen molar-refractivity contribution in [3.8, 4) is 5.75 Å². The normalized spacial score (nSPS) is 10.4. The number of nitrogen functional groups attached to an aromatic ring is 1. The molecule has 0 radical (unpaired) electrons. The monoisotopic (exact) mass is 247 g/mol. The number of halogens is 1. The van der Waals surface area contributed by atoms with Crippen LogP contribution in [0.25, 0.3) is 0 Å². The molecule has 0 atom stereocenters. The van der Waals surface area contributed by atoms with Crippen LogP contribution in [0.4, 0.5) is 10.2 Å². The molecule has 0 unspecified atom stereocenters. The van der Waals surface area contributed by atoms with E-state index in [9.17, 15) is 4.39 Å². The second kappa shape index (κ2) is 5.00. The van der Waals surface area contributed by atoms with E-state index in [1.165, 1.54) is 12.1 Å². The molecule has 2 aromatic rings. The Morgan fingerprint density at radius 2 is 2.00 bits per heavy atom. The van der Waals surface area contributed by atoms with Gasteiger partial charge in [0.05, 0.1) is 0 Å². The molecule has 2 N–H and O–H groups in total. The first-order chi connectivity index (χ1) is 8.54. The van der Waals surface area contributed by atoms with Crippen molar-refractivity contribution in [3.63, 3.8) is 0 Å². The smallest absolute Gasteiger partial charge is 0.168 e. The molecule has 0 spiro atoms. The molecule has 18 heavy (non-hydrogen) atoms. The number of aromatic nitrogens is 2. The van der Waals surface area contributed by atoms with E-state index in [0.29, 0.717) is 17.4 Å². The van der Waals surface area contributed by atoms with Crippen LogP contribution in [0.2, 0.25) is 0 Å². The van der Waals surface area contributed by atoms with E-state index in [1.54, 1.807) is 12.1 Å². The first kappa shape index (κ1) is 12.3. The van der Waals surface area contributed by atoms with Crippen molar-refractivity contribution in [2.45, 2.75) is 20.5 Å². The van der Waals surface area contributed by atoms with Crippen LogP contribution in [0.5, 0.6) is 5.75 Å². The fraction of sp³-hybridized carbons (Fsp3) is 0.231. The van der Waals surface area contributed by atoms with E-state index in [2.05, 4.69) is 9.97 Å². The van der Waals surface area contributed by atoms with Crippen molar-refractivity contribution >= 4 is 5.82 Å². The van der Waals surface area contributed by atoms with Crippen LogP contribution in [0, 0.1) is 19.7 Å². The van der Waals surface area contributed by atoms with Crippen LogP contribution in [0.1, 0.15) is 17.1 Å². The van der Waals surface area contributed by atoms with E-state index in [0.717, 1.165) is 11.3 Å². The van der Waals surface area contributed by atoms with Gasteiger partial charge in [0.1, 0.15) is 24.0 Å². The summed E-state index contributed by atoms with van der Waals surface area (Å²) in [5.74, 6) is 1.03. The number of nitrogens with two attached hydrogens (primary N) is 1. The van der Waals surface area contributed by atoms with Gasteiger partial charge < -0.3 is 10.5 Å². The van der Waals surface area contributed by atoms with Crippen molar-refractivity contribution in [1.82, 2.24) is 9.97 Å². The van der Waals surface area contributed by atoms with E-state index in [1.807, 2.05) is 13.8 Å². The summed E-state index contributed by atoms with van der Waals surface area (Å²) in [7, 11) is 0. The summed E-state index contributed by atoms with van der Waals surface area (Å²) >= 11 is 0. The van der Waals surface area contributed by atoms with Gasteiger partial charge in [-0.1, -0.05) is 6.07 Å². The predicted molar refractivity (Wildman–Crippen MR) is 66.7 cm³/mol. The highest BCUT2D eigenvalue weighted by Crippen LogP contribution is 2.19. The predicted octanol–water partition coefficient (Wildman–Crippen LogP) is 2.39. The molecule has 0 saturated heterocycles. The Balaban J connectivity index is 2.13. The van der Waals surface area contributed by atoms with Crippen molar-refractivity contribution < 1.29 is 9.13 Å². The van der Waals surface area contributed by atoms with E-state index in [-0.39, 0.29) is 12.4 Å². The van der Waals surface area contributed by atoms with Gasteiger partial charge in [0, 0.05) is 17.8 Å². The molecule has 1 heterocycles. The molecule has 0 bridgehead atoms. The van der Waals surface area contributed by atoms with E-state index in [4.69, 9.17) is 10.5 Å². The van der Waals surface area contributed by atoms with Crippen LogP contribution in [0.3, 0.4) is 0 Å². The van der Waals surface area contributed by atoms with Crippen LogP contribution < -0.4 is 10.5 Å². The lowest BCUT2D eigenvalue weighted by atomic mass is 10.2. The molecule has 2 rings (SSSR count). The van der Waals surface area contributed by atoms with Crippen LogP contribution in [-0.2, 0) is 6.61 Å². The lowest BCUT2D eigenvalue weighted by Gasteiger charge is -2.09. The number of hydrogen-bond donors (Lipinski definition) is 1. The summed E-state index contributed by atoms with van der Waals surface area (Å²) < 4.78 is 18.6. The summed E-state index contributed by atoms with van der Waals surface area (Å²) in [6, 6.07) is 6.07. The number of ether oxygens (including phenoxy) is 1. The fourth-order valence-corrected chi connectivity index (χ4v) is 1.59. The first-order valence-electron chi connectivity index (χ1n) is 5.53. The number of hydrogen-bond acceptors (Lipinski definition) is 4. The lowest BCUT2D eigenvalue weighted by Crippen LogP contribution is -2.05. The average Bonchev–Trinajstić information content (AvgIpc) is 2.29. The number of aryl methyl sites for hydroxylation is 2. The highest BCUT2D eigenvalue weighted by molar-refractivity contribution is 5.33. The van der Waals surface area contributed by atoms with Crippen molar-refractivity contribution in [2.24, 2.45) is 0 Å². The SMILES string of the molecule is Cc1cc(N)nc(COc2cc(F)ccc2C)n1. The Morgan fingerprint density at radius 3 is 2.72 bits per heavy atom. The molecule has 0 aliphatic rings. The third-order valence-corrected chi connectivity index (χ3v) is 2.43. The maximum atomic E-state index is 13.1. The molecule has 0 saturated carbocycles. The summed E-state index contributed by atoms with van der Waals surface area (Å²) in [5, 5.41) is 0. The molecule has 0 amide bonds. The topological polar surface area (TPSA) is 61.0 Å². The minimum absolute atomic E-state index is 0.163. The standard InChI is InChI=1S/C13H14FN3O/c1-8-3-4-10(14)6-11(8)18-7-13-16-9(2)5-12(15)17-13/h3-6H,7H2,1-2H3,(H2,15,16,17). The lowest BCUT2D eigenvalue weighted by molar-refractivity contribution is 0.292. The highest BCUT2D eigenvalue weighted by atomic mass is 19.1. The number of benzene rings is 1. The molecular formula is C13H14FN3O. The fourth-order valence-electron chi connectivity index (χ4n) is 1.59. The second-order valence-electron chi connectivity index (χ2n) is 4.05. The van der Waals surface area contributed by atoms with Gasteiger partial charge in [0.15, 0.2) is 5.82 Å². The molecule has 94 valence electrons. The maximum absolute atomic E-state index is 13.1. The summed E-state index contributed by atoms with van der Waals surface area (Å²) in [5.41, 5.74) is 7.25. The second-order valence-corrected chi connectivity index (χ2v) is 4.05. The summed E-state index contributed by atoms with van der Waals surface area (Å²) in [6.45, 7) is 3.84. The Morgan fingerprint density at radius 1 is 1.22 bits per heavy atom. The average molecular weight is 247 g/mol. The molecule has 1 aromatic carbocycles. The molecule has 0 aliphatic carbocycles. The molecule has 0 aliphatic heterocycles. The van der Waals surface area contributed by atoms with Gasteiger partial charge in [-0.15, -0.1) is 0 Å². The van der Waals surface area contributed by atoms with Gasteiger partial charge in [-0.05, 0) is 25.5 Å². The minimum atomic E-state index is -0.333. The quantitative estimate of drug-likeness (QED) is 0.904. The zero-order valence-corrected chi connectivity index (χ0v) is 10.3. The Labute approximate surface area is 105 Å². The highest BCUT2D eigenvalue weighted by Gasteiger charge is 2.05. The zero-order chi connectivity index (χ0) is 13.1. The minimum Gasteiger partial charge on any atom is -0.485 e. The zero-order valence-electron chi connectivity index (χ0n) is 10.3. The van der Waals surface area contributed by atoms with Gasteiger partial charge >= 0.3 is 0 Å². The number of rotatable bonds is 3. The Hall–Kier alpha value is -2.17. The summed E-state index contributed by atoms with van der Waals surface area (Å²) in [4.78, 5) is 8.24. The van der Waals surface area contributed by atoms with Gasteiger partial charge in [-0.3, -0.25) is 0 Å². The molecule has 0 fully saturated rings. The third kappa shape index (κ3) is 2.94. The maximum Gasteiger partial charge on any atom is 0.168 e. The van der Waals surface area contributed by atoms with E-state index >= 15 is 0 Å². The van der Waals surface area contributed by atoms with Gasteiger partial charge in [0.25, 0.3) is 0 Å². The van der Waals surface area contributed by atoms with Crippen molar-refractivity contribution in [2.75, 3.05) is 5.73 Å². The molecule has 5 heteroatoms. The third-order valence-electron chi connectivity index (χ3n) is 2.43. The van der Waals surface area contributed by atoms with Crippen LogP contribution in [0.15, 0.2) is 24.3 Å². The van der Waals surface area contributed by atoms with Gasteiger partial charge in [-0.25, -0.2) is 14.4 Å². The first-order valence-corrected chi connectivity index (χ1v) is 5.53. The summed E-state index contributed by atoms with van der Waals surface area (Å²) in [6.07, 6.45) is 0. The molecule has 1 aromatic heterocycles. The Kier molecular flexibility index (Phi) is 3.41. The largest absolute Gasteiger partial charge is 0.485 e. The van der Waals surface area contributed by atoms with Gasteiger partial charge in [0.2, 0.25) is 0 Å². The Bertz CT molecular complexity index is 552. The van der Waals surface area contributed by atoms with Crippen LogP contribution in [-0.4, -0.2) is 9.97 Å². The van der Waals surface area contributed by atoms with Gasteiger partial charge in [-0.2, -0.15) is 0 Å². The van der Waals surface area contributed by atoms with E-state index < -0.39 is 0 Å². The molecular weight excluding hydrogens is 233 g/mol. The number of nitrogens with zero attached hydrogens (tertiary/aromatic N) is 2.